The van der Waals surface area contributed by atoms with Gasteiger partial charge >= 0.3 is 0 Å². The van der Waals surface area contributed by atoms with E-state index in [0.29, 0.717) is 30.7 Å². The first kappa shape index (κ1) is 18.6. The Kier molecular flexibility index (Phi) is 5.46. The minimum atomic E-state index is -0.669. The standard InChI is InChI=1S/C19H20BrFN2O3/c1-19(18(25)22-11-13-3-5-14(21)6-4-13)9-2-10-23(12-19)17(24)15-7-8-16(20)26-15/h3-8H,2,9-12H2,1H3,(H,22,25). The summed E-state index contributed by atoms with van der Waals surface area (Å²) in [6.45, 7) is 3.12. The maximum Gasteiger partial charge on any atom is 0.289 e. The van der Waals surface area contributed by atoms with Crippen molar-refractivity contribution in [2.45, 2.75) is 26.3 Å². The van der Waals surface area contributed by atoms with E-state index in [1.54, 1.807) is 29.2 Å². The summed E-state index contributed by atoms with van der Waals surface area (Å²) >= 11 is 3.19. The highest BCUT2D eigenvalue weighted by molar-refractivity contribution is 9.10. The summed E-state index contributed by atoms with van der Waals surface area (Å²) in [5.74, 6) is -0.376. The van der Waals surface area contributed by atoms with Crippen LogP contribution in [0.5, 0.6) is 0 Å². The lowest BCUT2D eigenvalue weighted by Gasteiger charge is -2.39. The molecule has 1 aliphatic heterocycles. The third-order valence-electron chi connectivity index (χ3n) is 4.68. The van der Waals surface area contributed by atoms with Crippen molar-refractivity contribution in [3.63, 3.8) is 0 Å². The van der Waals surface area contributed by atoms with Crippen molar-refractivity contribution in [2.75, 3.05) is 13.1 Å². The van der Waals surface area contributed by atoms with E-state index in [4.69, 9.17) is 4.42 Å². The summed E-state index contributed by atoms with van der Waals surface area (Å²) in [5.41, 5.74) is 0.158. The van der Waals surface area contributed by atoms with Crippen LogP contribution in [0.1, 0.15) is 35.9 Å². The minimum absolute atomic E-state index is 0.111. The summed E-state index contributed by atoms with van der Waals surface area (Å²) < 4.78 is 18.8. The molecule has 1 N–H and O–H groups in total. The smallest absolute Gasteiger partial charge is 0.289 e. The number of nitrogens with one attached hydrogen (secondary N) is 1. The molecule has 0 aliphatic carbocycles. The van der Waals surface area contributed by atoms with Gasteiger partial charge in [0.15, 0.2) is 10.4 Å². The number of rotatable bonds is 4. The first-order valence-corrected chi connectivity index (χ1v) is 9.24. The summed E-state index contributed by atoms with van der Waals surface area (Å²) in [6.07, 6.45) is 1.45. The number of amides is 2. The fraction of sp³-hybridized carbons (Fsp3) is 0.368. The van der Waals surface area contributed by atoms with E-state index < -0.39 is 5.41 Å². The first-order valence-electron chi connectivity index (χ1n) is 8.45. The Balaban J connectivity index is 1.63. The monoisotopic (exact) mass is 422 g/mol. The van der Waals surface area contributed by atoms with Gasteiger partial charge in [-0.1, -0.05) is 12.1 Å². The van der Waals surface area contributed by atoms with Crippen molar-refractivity contribution in [3.8, 4) is 0 Å². The van der Waals surface area contributed by atoms with Crippen LogP contribution in [0.15, 0.2) is 45.5 Å². The molecule has 2 amide bonds. The molecule has 138 valence electrons. The molecular formula is C19H20BrFN2O3. The van der Waals surface area contributed by atoms with Crippen molar-refractivity contribution >= 4 is 27.7 Å². The van der Waals surface area contributed by atoms with Crippen LogP contribution in [-0.4, -0.2) is 29.8 Å². The number of hydrogen-bond acceptors (Lipinski definition) is 3. The number of furan rings is 1. The van der Waals surface area contributed by atoms with Crippen LogP contribution in [0.25, 0.3) is 0 Å². The van der Waals surface area contributed by atoms with Gasteiger partial charge in [-0.2, -0.15) is 0 Å². The lowest BCUT2D eigenvalue weighted by molar-refractivity contribution is -0.132. The van der Waals surface area contributed by atoms with Crippen LogP contribution in [0, 0.1) is 11.2 Å². The zero-order chi connectivity index (χ0) is 18.7. The molecule has 5 nitrogen and oxygen atoms in total. The number of hydrogen-bond donors (Lipinski definition) is 1. The molecular weight excluding hydrogens is 403 g/mol. The Bertz CT molecular complexity index is 805. The first-order chi connectivity index (χ1) is 12.4. The Morgan fingerprint density at radius 1 is 1.27 bits per heavy atom. The molecule has 2 aromatic rings. The predicted molar refractivity (Wildman–Crippen MR) is 97.9 cm³/mol. The number of likely N-dealkylation sites (tertiary alicyclic amines) is 1. The van der Waals surface area contributed by atoms with Crippen molar-refractivity contribution < 1.29 is 18.4 Å². The van der Waals surface area contributed by atoms with Gasteiger partial charge in [0.1, 0.15) is 5.82 Å². The zero-order valence-corrected chi connectivity index (χ0v) is 16.0. The van der Waals surface area contributed by atoms with Crippen molar-refractivity contribution in [1.29, 1.82) is 0 Å². The SMILES string of the molecule is CC1(C(=O)NCc2ccc(F)cc2)CCCN(C(=O)c2ccc(Br)o2)C1. The summed E-state index contributed by atoms with van der Waals surface area (Å²) in [5, 5.41) is 2.90. The third-order valence-corrected chi connectivity index (χ3v) is 5.11. The average Bonchev–Trinajstić information content (AvgIpc) is 3.06. The Morgan fingerprint density at radius 2 is 2.00 bits per heavy atom. The summed E-state index contributed by atoms with van der Waals surface area (Å²) in [6, 6.07) is 9.31. The van der Waals surface area contributed by atoms with Crippen LogP contribution < -0.4 is 5.32 Å². The molecule has 1 saturated heterocycles. The summed E-state index contributed by atoms with van der Waals surface area (Å²) in [7, 11) is 0. The van der Waals surface area contributed by atoms with Gasteiger partial charge in [0.05, 0.1) is 5.41 Å². The molecule has 2 heterocycles. The molecule has 0 bridgehead atoms. The molecule has 0 radical (unpaired) electrons. The van der Waals surface area contributed by atoms with Crippen molar-refractivity contribution in [1.82, 2.24) is 10.2 Å². The Hall–Kier alpha value is -2.15. The number of carbonyl (C=O) groups is 2. The highest BCUT2D eigenvalue weighted by Crippen LogP contribution is 2.31. The second-order valence-corrected chi connectivity index (χ2v) is 7.59. The highest BCUT2D eigenvalue weighted by Gasteiger charge is 2.39. The third kappa shape index (κ3) is 4.15. The second kappa shape index (κ2) is 7.61. The molecule has 3 rings (SSSR count). The van der Waals surface area contributed by atoms with Gasteiger partial charge in [-0.3, -0.25) is 9.59 Å². The van der Waals surface area contributed by atoms with Crippen LogP contribution in [-0.2, 0) is 11.3 Å². The quantitative estimate of drug-likeness (QED) is 0.815. The minimum Gasteiger partial charge on any atom is -0.444 e. The lowest BCUT2D eigenvalue weighted by Crippen LogP contribution is -2.51. The van der Waals surface area contributed by atoms with E-state index in [2.05, 4.69) is 21.2 Å². The molecule has 1 fully saturated rings. The van der Waals surface area contributed by atoms with E-state index >= 15 is 0 Å². The second-order valence-electron chi connectivity index (χ2n) is 6.80. The van der Waals surface area contributed by atoms with Crippen LogP contribution in [0.3, 0.4) is 0 Å². The lowest BCUT2D eigenvalue weighted by atomic mass is 9.80. The molecule has 1 aromatic heterocycles. The zero-order valence-electron chi connectivity index (χ0n) is 14.4. The molecule has 1 atom stereocenters. The Morgan fingerprint density at radius 3 is 2.65 bits per heavy atom. The van der Waals surface area contributed by atoms with Gasteiger partial charge in [-0.15, -0.1) is 0 Å². The molecule has 0 saturated carbocycles. The topological polar surface area (TPSA) is 62.6 Å². The van der Waals surface area contributed by atoms with Gasteiger partial charge < -0.3 is 14.6 Å². The van der Waals surface area contributed by atoms with Crippen LogP contribution in [0.4, 0.5) is 4.39 Å². The highest BCUT2D eigenvalue weighted by atomic mass is 79.9. The molecule has 26 heavy (non-hydrogen) atoms. The molecule has 7 heteroatoms. The maximum absolute atomic E-state index is 13.0. The van der Waals surface area contributed by atoms with Gasteiger partial charge in [0.25, 0.3) is 5.91 Å². The van der Waals surface area contributed by atoms with E-state index in [-0.39, 0.29) is 23.4 Å². The van der Waals surface area contributed by atoms with Crippen LogP contribution >= 0.6 is 15.9 Å². The van der Waals surface area contributed by atoms with Gasteiger partial charge in [0, 0.05) is 19.6 Å². The fourth-order valence-electron chi connectivity index (χ4n) is 3.18. The molecule has 1 unspecified atom stereocenters. The van der Waals surface area contributed by atoms with E-state index in [1.165, 1.54) is 12.1 Å². The number of piperidine rings is 1. The number of halogens is 2. The maximum atomic E-state index is 13.0. The normalized spacial score (nSPS) is 20.0. The van der Waals surface area contributed by atoms with E-state index in [0.717, 1.165) is 12.0 Å². The number of nitrogens with zero attached hydrogens (tertiary/aromatic N) is 1. The number of benzene rings is 1. The van der Waals surface area contributed by atoms with Crippen molar-refractivity contribution in [3.05, 3.63) is 58.2 Å². The average molecular weight is 423 g/mol. The van der Waals surface area contributed by atoms with Gasteiger partial charge in [-0.05, 0) is 65.5 Å². The van der Waals surface area contributed by atoms with Crippen molar-refractivity contribution in [2.24, 2.45) is 5.41 Å². The Labute approximate surface area is 159 Å². The van der Waals surface area contributed by atoms with E-state index in [9.17, 15) is 14.0 Å². The number of carbonyl (C=O) groups excluding carboxylic acids is 2. The fourth-order valence-corrected chi connectivity index (χ4v) is 3.49. The molecule has 1 aliphatic rings. The molecule has 1 aromatic carbocycles. The van der Waals surface area contributed by atoms with E-state index in [1.807, 2.05) is 6.92 Å². The largest absolute Gasteiger partial charge is 0.444 e. The van der Waals surface area contributed by atoms with Gasteiger partial charge in [-0.25, -0.2) is 4.39 Å². The molecule has 0 spiro atoms. The summed E-state index contributed by atoms with van der Waals surface area (Å²) in [4.78, 5) is 27.0. The van der Waals surface area contributed by atoms with Gasteiger partial charge in [0.2, 0.25) is 5.91 Å². The van der Waals surface area contributed by atoms with Crippen LogP contribution in [0.2, 0.25) is 0 Å². The predicted octanol–water partition coefficient (Wildman–Crippen LogP) is 3.74.